The second kappa shape index (κ2) is 7.15. The Balaban J connectivity index is 1.45. The van der Waals surface area contributed by atoms with E-state index in [9.17, 15) is 4.79 Å². The third kappa shape index (κ3) is 3.46. The van der Waals surface area contributed by atoms with Crippen LogP contribution < -0.4 is 0 Å². The van der Waals surface area contributed by atoms with Gasteiger partial charge in [-0.15, -0.1) is 11.3 Å². The molecule has 1 aliphatic rings. The summed E-state index contributed by atoms with van der Waals surface area (Å²) in [4.78, 5) is 24.4. The second-order valence-corrected chi connectivity index (χ2v) is 7.16. The second-order valence-electron chi connectivity index (χ2n) is 6.21. The van der Waals surface area contributed by atoms with Gasteiger partial charge in [-0.1, -0.05) is 36.4 Å². The monoisotopic (exact) mass is 349 g/mol. The van der Waals surface area contributed by atoms with Gasteiger partial charge in [0.2, 0.25) is 0 Å². The van der Waals surface area contributed by atoms with Gasteiger partial charge in [0.25, 0.3) is 5.91 Å². The summed E-state index contributed by atoms with van der Waals surface area (Å²) in [6.07, 6.45) is 3.73. The first-order chi connectivity index (χ1) is 12.3. The zero-order chi connectivity index (χ0) is 17.1. The molecular weight excluding hydrogens is 330 g/mol. The highest BCUT2D eigenvalue weighted by Crippen LogP contribution is 2.28. The highest BCUT2D eigenvalue weighted by molar-refractivity contribution is 7.12. The molecule has 1 fully saturated rings. The normalized spacial score (nSPS) is 15.3. The Morgan fingerprint density at radius 1 is 1.04 bits per heavy atom. The van der Waals surface area contributed by atoms with Gasteiger partial charge >= 0.3 is 0 Å². The van der Waals surface area contributed by atoms with Gasteiger partial charge in [-0.05, 0) is 30.4 Å². The summed E-state index contributed by atoms with van der Waals surface area (Å²) in [7, 11) is 0. The first-order valence-corrected chi connectivity index (χ1v) is 9.40. The SMILES string of the molecule is O=C(c1cccs1)N1CCC(c2ccnc(-c3ccccc3)n2)CC1. The standard InChI is InChI=1S/C20H19N3OS/c24-20(18-7-4-14-25-18)23-12-9-15(10-13-23)17-8-11-21-19(22-17)16-5-2-1-3-6-16/h1-8,11,14-15H,9-10,12-13H2. The third-order valence-corrected chi connectivity index (χ3v) is 5.50. The number of carbonyl (C=O) groups is 1. The van der Waals surface area contributed by atoms with Crippen molar-refractivity contribution in [2.75, 3.05) is 13.1 Å². The lowest BCUT2D eigenvalue weighted by Gasteiger charge is -2.31. The maximum Gasteiger partial charge on any atom is 0.263 e. The van der Waals surface area contributed by atoms with E-state index in [0.29, 0.717) is 5.92 Å². The van der Waals surface area contributed by atoms with Gasteiger partial charge in [-0.3, -0.25) is 4.79 Å². The average molecular weight is 349 g/mol. The summed E-state index contributed by atoms with van der Waals surface area (Å²) in [6.45, 7) is 1.57. The van der Waals surface area contributed by atoms with Crippen LogP contribution in [0.15, 0.2) is 60.1 Å². The molecule has 1 amide bonds. The summed E-state index contributed by atoms with van der Waals surface area (Å²) < 4.78 is 0. The van der Waals surface area contributed by atoms with E-state index in [1.54, 1.807) is 0 Å². The van der Waals surface area contributed by atoms with E-state index in [0.717, 1.165) is 47.9 Å². The predicted molar refractivity (Wildman–Crippen MR) is 99.7 cm³/mol. The number of benzene rings is 1. The van der Waals surface area contributed by atoms with Crippen LogP contribution in [0.2, 0.25) is 0 Å². The van der Waals surface area contributed by atoms with Crippen LogP contribution in [0.25, 0.3) is 11.4 Å². The fourth-order valence-corrected chi connectivity index (χ4v) is 3.95. The molecule has 0 bridgehead atoms. The van der Waals surface area contributed by atoms with Gasteiger partial charge in [0.15, 0.2) is 5.82 Å². The topological polar surface area (TPSA) is 46.1 Å². The van der Waals surface area contributed by atoms with Crippen molar-refractivity contribution in [1.82, 2.24) is 14.9 Å². The number of amides is 1. The van der Waals surface area contributed by atoms with Crippen molar-refractivity contribution in [2.24, 2.45) is 0 Å². The van der Waals surface area contributed by atoms with Gasteiger partial charge in [0.1, 0.15) is 0 Å². The van der Waals surface area contributed by atoms with Crippen molar-refractivity contribution < 1.29 is 4.79 Å². The maximum absolute atomic E-state index is 12.5. The molecule has 1 aromatic carbocycles. The Bertz CT molecular complexity index is 840. The number of aromatic nitrogens is 2. The number of carbonyl (C=O) groups excluding carboxylic acids is 1. The molecule has 0 spiro atoms. The molecule has 1 aliphatic heterocycles. The van der Waals surface area contributed by atoms with Crippen molar-refractivity contribution in [1.29, 1.82) is 0 Å². The number of hydrogen-bond donors (Lipinski definition) is 0. The summed E-state index contributed by atoms with van der Waals surface area (Å²) in [5.41, 5.74) is 2.12. The molecule has 3 aromatic rings. The lowest BCUT2D eigenvalue weighted by molar-refractivity contribution is 0.0717. The van der Waals surface area contributed by atoms with Crippen LogP contribution in [0.3, 0.4) is 0 Å². The van der Waals surface area contributed by atoms with Gasteiger partial charge in [0.05, 0.1) is 4.88 Å². The zero-order valence-corrected chi connectivity index (χ0v) is 14.7. The molecule has 0 unspecified atom stereocenters. The van der Waals surface area contributed by atoms with E-state index < -0.39 is 0 Å². The molecule has 1 saturated heterocycles. The van der Waals surface area contributed by atoms with Gasteiger partial charge < -0.3 is 4.90 Å². The minimum atomic E-state index is 0.154. The van der Waals surface area contributed by atoms with E-state index in [1.807, 2.05) is 65.0 Å². The largest absolute Gasteiger partial charge is 0.338 e. The molecule has 2 aromatic heterocycles. The Hall–Kier alpha value is -2.53. The Labute approximate surface area is 151 Å². The van der Waals surface area contributed by atoms with E-state index in [4.69, 9.17) is 4.98 Å². The number of likely N-dealkylation sites (tertiary alicyclic amines) is 1. The minimum absolute atomic E-state index is 0.154. The quantitative estimate of drug-likeness (QED) is 0.711. The summed E-state index contributed by atoms with van der Waals surface area (Å²) in [6, 6.07) is 15.9. The number of nitrogens with zero attached hydrogens (tertiary/aromatic N) is 3. The number of rotatable bonds is 3. The molecule has 25 heavy (non-hydrogen) atoms. The van der Waals surface area contributed by atoms with Crippen LogP contribution in [0.5, 0.6) is 0 Å². The molecule has 0 atom stereocenters. The van der Waals surface area contributed by atoms with Gasteiger partial charge in [-0.25, -0.2) is 9.97 Å². The van der Waals surface area contributed by atoms with Crippen molar-refractivity contribution in [2.45, 2.75) is 18.8 Å². The average Bonchev–Trinajstić information content (AvgIpc) is 3.23. The van der Waals surface area contributed by atoms with Crippen LogP contribution in [-0.2, 0) is 0 Å². The number of piperidine rings is 1. The minimum Gasteiger partial charge on any atom is -0.338 e. The fourth-order valence-electron chi connectivity index (χ4n) is 3.26. The summed E-state index contributed by atoms with van der Waals surface area (Å²) in [5.74, 6) is 1.31. The van der Waals surface area contributed by atoms with Crippen LogP contribution in [0.4, 0.5) is 0 Å². The van der Waals surface area contributed by atoms with Crippen molar-refractivity contribution in [3.8, 4) is 11.4 Å². The molecule has 4 rings (SSSR count). The lowest BCUT2D eigenvalue weighted by atomic mass is 9.93. The van der Waals surface area contributed by atoms with Crippen LogP contribution in [-0.4, -0.2) is 33.9 Å². The molecule has 0 aliphatic carbocycles. The molecule has 4 nitrogen and oxygen atoms in total. The molecule has 0 radical (unpaired) electrons. The molecule has 126 valence electrons. The fraction of sp³-hybridized carbons (Fsp3) is 0.250. The molecular formula is C20H19N3OS. The van der Waals surface area contributed by atoms with E-state index in [-0.39, 0.29) is 5.91 Å². The molecule has 0 saturated carbocycles. The van der Waals surface area contributed by atoms with Crippen LogP contribution in [0.1, 0.15) is 34.1 Å². The highest BCUT2D eigenvalue weighted by atomic mass is 32.1. The lowest BCUT2D eigenvalue weighted by Crippen LogP contribution is -2.37. The van der Waals surface area contributed by atoms with Crippen molar-refractivity contribution in [3.63, 3.8) is 0 Å². The van der Waals surface area contributed by atoms with E-state index in [2.05, 4.69) is 4.98 Å². The predicted octanol–water partition coefficient (Wildman–Crippen LogP) is 4.22. The van der Waals surface area contributed by atoms with Gasteiger partial charge in [-0.2, -0.15) is 0 Å². The maximum atomic E-state index is 12.5. The Morgan fingerprint density at radius 3 is 2.56 bits per heavy atom. The molecule has 0 N–H and O–H groups in total. The van der Waals surface area contributed by atoms with Crippen LogP contribution in [0, 0.1) is 0 Å². The van der Waals surface area contributed by atoms with Crippen molar-refractivity contribution >= 4 is 17.2 Å². The highest BCUT2D eigenvalue weighted by Gasteiger charge is 2.26. The number of hydrogen-bond acceptors (Lipinski definition) is 4. The first-order valence-electron chi connectivity index (χ1n) is 8.52. The Morgan fingerprint density at radius 2 is 1.84 bits per heavy atom. The summed E-state index contributed by atoms with van der Waals surface area (Å²) in [5, 5.41) is 1.95. The number of thiophene rings is 1. The molecule has 5 heteroatoms. The third-order valence-electron chi connectivity index (χ3n) is 4.64. The summed E-state index contributed by atoms with van der Waals surface area (Å²) >= 11 is 1.51. The van der Waals surface area contributed by atoms with Gasteiger partial charge in [0, 0.05) is 36.5 Å². The van der Waals surface area contributed by atoms with Crippen LogP contribution >= 0.6 is 11.3 Å². The van der Waals surface area contributed by atoms with Crippen molar-refractivity contribution in [3.05, 3.63) is 70.7 Å². The van der Waals surface area contributed by atoms with E-state index in [1.165, 1.54) is 11.3 Å². The smallest absolute Gasteiger partial charge is 0.263 e. The first kappa shape index (κ1) is 16.0. The molecule has 3 heterocycles. The zero-order valence-electron chi connectivity index (χ0n) is 13.8. The van der Waals surface area contributed by atoms with E-state index >= 15 is 0 Å². The Kier molecular flexibility index (Phi) is 4.57.